The number of nitrogens with zero attached hydrogens (tertiary/aromatic N) is 1. The molecule has 0 radical (unpaired) electrons. The van der Waals surface area contributed by atoms with Crippen LogP contribution in [0.5, 0.6) is 0 Å². The van der Waals surface area contributed by atoms with Gasteiger partial charge in [0, 0.05) is 26.1 Å². The first kappa shape index (κ1) is 11.9. The van der Waals surface area contributed by atoms with Gasteiger partial charge in [-0.1, -0.05) is 0 Å². The summed E-state index contributed by atoms with van der Waals surface area (Å²) in [6, 6.07) is 0. The van der Waals surface area contributed by atoms with Crippen LogP contribution in [0.15, 0.2) is 0 Å². The maximum atomic E-state index is 12.0. The number of ether oxygens (including phenoxy) is 1. The minimum Gasteiger partial charge on any atom is -0.378 e. The average Bonchev–Trinajstić information content (AvgIpc) is 2.27. The van der Waals surface area contributed by atoms with E-state index >= 15 is 0 Å². The van der Waals surface area contributed by atoms with E-state index in [9.17, 15) is 4.79 Å². The van der Waals surface area contributed by atoms with E-state index in [2.05, 4.69) is 4.90 Å². The van der Waals surface area contributed by atoms with Gasteiger partial charge in [-0.3, -0.25) is 4.79 Å². The predicted octanol–water partition coefficient (Wildman–Crippen LogP) is 2.20. The summed E-state index contributed by atoms with van der Waals surface area (Å²) >= 11 is 0. The molecule has 1 aliphatic carbocycles. The maximum Gasteiger partial charge on any atom is 0.222 e. The van der Waals surface area contributed by atoms with Crippen molar-refractivity contribution in [1.82, 2.24) is 4.90 Å². The van der Waals surface area contributed by atoms with Gasteiger partial charge in [0.15, 0.2) is 0 Å². The summed E-state index contributed by atoms with van der Waals surface area (Å²) in [7, 11) is 0. The Morgan fingerprint density at radius 1 is 1.25 bits per heavy atom. The van der Waals surface area contributed by atoms with Crippen LogP contribution in [-0.4, -0.2) is 36.6 Å². The second-order valence-corrected chi connectivity index (χ2v) is 5.06. The van der Waals surface area contributed by atoms with Gasteiger partial charge < -0.3 is 9.64 Å². The third-order valence-corrected chi connectivity index (χ3v) is 3.77. The highest BCUT2D eigenvalue weighted by molar-refractivity contribution is 5.76. The van der Waals surface area contributed by atoms with E-state index in [4.69, 9.17) is 4.74 Å². The zero-order valence-corrected chi connectivity index (χ0v) is 10.3. The molecule has 1 aliphatic heterocycles. The molecule has 2 fully saturated rings. The van der Waals surface area contributed by atoms with Crippen LogP contribution in [0.3, 0.4) is 0 Å². The van der Waals surface area contributed by atoms with Crippen LogP contribution < -0.4 is 0 Å². The van der Waals surface area contributed by atoms with Crippen LogP contribution >= 0.6 is 0 Å². The first-order chi connectivity index (χ1) is 7.79. The smallest absolute Gasteiger partial charge is 0.222 e. The fourth-order valence-corrected chi connectivity index (χ4v) is 2.73. The van der Waals surface area contributed by atoms with Crippen LogP contribution in [0.2, 0.25) is 0 Å². The Morgan fingerprint density at radius 2 is 1.94 bits per heavy atom. The van der Waals surface area contributed by atoms with Crippen molar-refractivity contribution >= 4 is 5.91 Å². The molecule has 0 atom stereocenters. The van der Waals surface area contributed by atoms with Gasteiger partial charge >= 0.3 is 0 Å². The summed E-state index contributed by atoms with van der Waals surface area (Å²) in [5.41, 5.74) is 0. The van der Waals surface area contributed by atoms with Gasteiger partial charge in [0.05, 0.1) is 6.10 Å². The first-order valence-electron chi connectivity index (χ1n) is 6.69. The van der Waals surface area contributed by atoms with E-state index < -0.39 is 0 Å². The predicted molar refractivity (Wildman–Crippen MR) is 63.2 cm³/mol. The summed E-state index contributed by atoms with van der Waals surface area (Å²) in [5, 5.41) is 0. The third-order valence-electron chi connectivity index (χ3n) is 3.77. The molecule has 0 N–H and O–H groups in total. The molecule has 0 aromatic heterocycles. The quantitative estimate of drug-likeness (QED) is 0.734. The molecule has 3 heteroatoms. The lowest BCUT2D eigenvalue weighted by Gasteiger charge is -2.36. The van der Waals surface area contributed by atoms with E-state index in [0.29, 0.717) is 17.9 Å². The van der Waals surface area contributed by atoms with Crippen molar-refractivity contribution in [3.05, 3.63) is 0 Å². The van der Waals surface area contributed by atoms with E-state index in [1.165, 1.54) is 19.3 Å². The van der Waals surface area contributed by atoms with Crippen molar-refractivity contribution in [3.63, 3.8) is 0 Å². The number of piperidine rings is 1. The molecule has 1 saturated carbocycles. The fraction of sp³-hybridized carbons (Fsp3) is 0.923. The Kier molecular flexibility index (Phi) is 4.22. The maximum absolute atomic E-state index is 12.0. The van der Waals surface area contributed by atoms with Crippen LogP contribution in [0.1, 0.15) is 45.4 Å². The highest BCUT2D eigenvalue weighted by Crippen LogP contribution is 2.33. The van der Waals surface area contributed by atoms with Gasteiger partial charge in [-0.15, -0.1) is 0 Å². The van der Waals surface area contributed by atoms with Gasteiger partial charge in [0.2, 0.25) is 5.91 Å². The molecule has 1 amide bonds. The zero-order chi connectivity index (χ0) is 11.4. The molecule has 3 nitrogen and oxygen atoms in total. The Bertz CT molecular complexity index is 230. The van der Waals surface area contributed by atoms with Crippen LogP contribution in [0.25, 0.3) is 0 Å². The molecule has 0 bridgehead atoms. The molecule has 2 aliphatic rings. The van der Waals surface area contributed by atoms with Crippen molar-refractivity contribution in [1.29, 1.82) is 0 Å². The van der Waals surface area contributed by atoms with Crippen molar-refractivity contribution < 1.29 is 9.53 Å². The molecule has 92 valence electrons. The molecular formula is C13H23NO2. The topological polar surface area (TPSA) is 29.5 Å². The van der Waals surface area contributed by atoms with Gasteiger partial charge in [-0.2, -0.15) is 0 Å². The lowest BCUT2D eigenvalue weighted by atomic mass is 9.79. The largest absolute Gasteiger partial charge is 0.378 e. The molecule has 1 saturated heterocycles. The Hall–Kier alpha value is -0.570. The van der Waals surface area contributed by atoms with Crippen molar-refractivity contribution in [2.24, 2.45) is 5.92 Å². The van der Waals surface area contributed by atoms with Crippen molar-refractivity contribution in [3.8, 4) is 0 Å². The van der Waals surface area contributed by atoms with Crippen LogP contribution in [-0.2, 0) is 9.53 Å². The number of amides is 1. The standard InChI is InChI=1S/C13H23NO2/c1-2-16-12-8-11(9-12)10-13(15)14-6-4-3-5-7-14/h11-12H,2-10H2,1H3. The van der Waals surface area contributed by atoms with Crippen LogP contribution in [0, 0.1) is 5.92 Å². The van der Waals surface area contributed by atoms with Gasteiger partial charge in [0.1, 0.15) is 0 Å². The summed E-state index contributed by atoms with van der Waals surface area (Å²) < 4.78 is 5.51. The lowest BCUT2D eigenvalue weighted by Crippen LogP contribution is -2.40. The van der Waals surface area contributed by atoms with Gasteiger partial charge in [-0.05, 0) is 44.9 Å². The van der Waals surface area contributed by atoms with E-state index in [1.807, 2.05) is 6.92 Å². The summed E-state index contributed by atoms with van der Waals surface area (Å²) in [6.07, 6.45) is 7.05. The number of carbonyl (C=O) groups excluding carboxylic acids is 1. The monoisotopic (exact) mass is 225 g/mol. The zero-order valence-electron chi connectivity index (χ0n) is 10.3. The lowest BCUT2D eigenvalue weighted by molar-refractivity contribution is -0.135. The Balaban J connectivity index is 1.64. The van der Waals surface area contributed by atoms with Crippen molar-refractivity contribution in [2.75, 3.05) is 19.7 Å². The molecular weight excluding hydrogens is 202 g/mol. The van der Waals surface area contributed by atoms with Gasteiger partial charge in [-0.25, -0.2) is 0 Å². The molecule has 2 rings (SSSR count). The minimum atomic E-state index is 0.375. The van der Waals surface area contributed by atoms with E-state index in [0.717, 1.165) is 39.0 Å². The summed E-state index contributed by atoms with van der Waals surface area (Å²) in [6.45, 7) is 4.81. The molecule has 16 heavy (non-hydrogen) atoms. The molecule has 0 unspecified atom stereocenters. The number of hydrogen-bond acceptors (Lipinski definition) is 2. The van der Waals surface area contributed by atoms with E-state index in [1.54, 1.807) is 0 Å². The molecule has 0 spiro atoms. The normalized spacial score (nSPS) is 29.9. The fourth-order valence-electron chi connectivity index (χ4n) is 2.73. The average molecular weight is 225 g/mol. The highest BCUT2D eigenvalue weighted by Gasteiger charge is 2.32. The summed E-state index contributed by atoms with van der Waals surface area (Å²) in [4.78, 5) is 14.0. The van der Waals surface area contributed by atoms with Gasteiger partial charge in [0.25, 0.3) is 0 Å². The Morgan fingerprint density at radius 3 is 2.56 bits per heavy atom. The number of likely N-dealkylation sites (tertiary alicyclic amines) is 1. The third kappa shape index (κ3) is 2.97. The first-order valence-corrected chi connectivity index (χ1v) is 6.69. The number of hydrogen-bond donors (Lipinski definition) is 0. The van der Waals surface area contributed by atoms with Crippen LogP contribution in [0.4, 0.5) is 0 Å². The highest BCUT2D eigenvalue weighted by atomic mass is 16.5. The number of rotatable bonds is 4. The summed E-state index contributed by atoms with van der Waals surface area (Å²) in [5.74, 6) is 0.964. The number of carbonyl (C=O) groups is 1. The second kappa shape index (κ2) is 5.67. The van der Waals surface area contributed by atoms with Crippen molar-refractivity contribution in [2.45, 2.75) is 51.6 Å². The Labute approximate surface area is 98.1 Å². The SMILES string of the molecule is CCOC1CC(CC(=O)N2CCCCC2)C1. The molecule has 1 heterocycles. The molecule has 0 aromatic rings. The second-order valence-electron chi connectivity index (χ2n) is 5.06. The minimum absolute atomic E-state index is 0.375. The molecule has 0 aromatic carbocycles. The van der Waals surface area contributed by atoms with E-state index in [-0.39, 0.29) is 0 Å².